The minimum atomic E-state index is -0.530. The molecule has 1 aromatic rings. The molecule has 2 rings (SSSR count). The zero-order chi connectivity index (χ0) is 19.3. The van der Waals surface area contributed by atoms with Gasteiger partial charge in [0, 0.05) is 23.8 Å². The number of anilines is 1. The maximum absolute atomic E-state index is 13.0. The highest BCUT2D eigenvalue weighted by Crippen LogP contribution is 2.36. The standard InChI is InChI=1S/C21H35N3O2/c1-7-16(3)24(20(25)26-21(4,5)6)19-17(12-11-14-22-19)18-13-9-10-15-23(18)8-2/h11-12,14,16,18H,7-10,13,15H2,1-6H3/t16-,18-/m1/s1. The molecule has 1 fully saturated rings. The smallest absolute Gasteiger partial charge is 0.416 e. The van der Waals surface area contributed by atoms with Crippen LogP contribution in [0.1, 0.15) is 78.8 Å². The summed E-state index contributed by atoms with van der Waals surface area (Å²) in [6.07, 6.45) is 5.86. The van der Waals surface area contributed by atoms with E-state index in [0.717, 1.165) is 37.3 Å². The Labute approximate surface area is 158 Å². The summed E-state index contributed by atoms with van der Waals surface area (Å²) in [5, 5.41) is 0. The van der Waals surface area contributed by atoms with Gasteiger partial charge < -0.3 is 4.74 Å². The average molecular weight is 362 g/mol. The number of hydrogen-bond acceptors (Lipinski definition) is 4. The SMILES string of the molecule is CC[C@@H](C)N(C(=O)OC(C)(C)C)c1ncccc1[C@H]1CCCCN1CC. The Morgan fingerprint density at radius 3 is 2.73 bits per heavy atom. The third-order valence-corrected chi connectivity index (χ3v) is 5.05. The fraction of sp³-hybridized carbons (Fsp3) is 0.714. The van der Waals surface area contributed by atoms with Gasteiger partial charge in [-0.1, -0.05) is 26.3 Å². The van der Waals surface area contributed by atoms with Crippen molar-refractivity contribution in [1.82, 2.24) is 9.88 Å². The van der Waals surface area contributed by atoms with E-state index in [1.165, 1.54) is 12.8 Å². The number of piperidine rings is 1. The molecule has 0 unspecified atom stereocenters. The molecule has 5 nitrogen and oxygen atoms in total. The number of likely N-dealkylation sites (tertiary alicyclic amines) is 1. The molecule has 0 spiro atoms. The molecule has 0 N–H and O–H groups in total. The third kappa shape index (κ3) is 4.97. The van der Waals surface area contributed by atoms with Gasteiger partial charge in [0.05, 0.1) is 0 Å². The molecule has 26 heavy (non-hydrogen) atoms. The van der Waals surface area contributed by atoms with Crippen LogP contribution in [0, 0.1) is 0 Å². The van der Waals surface area contributed by atoms with Crippen LogP contribution in [0.25, 0.3) is 0 Å². The lowest BCUT2D eigenvalue weighted by Gasteiger charge is -2.38. The molecule has 0 aliphatic carbocycles. The monoisotopic (exact) mass is 361 g/mol. The van der Waals surface area contributed by atoms with Crippen molar-refractivity contribution < 1.29 is 9.53 Å². The Morgan fingerprint density at radius 1 is 1.38 bits per heavy atom. The van der Waals surface area contributed by atoms with Crippen molar-refractivity contribution in [3.8, 4) is 0 Å². The van der Waals surface area contributed by atoms with Gasteiger partial charge in [0.1, 0.15) is 11.4 Å². The van der Waals surface area contributed by atoms with Gasteiger partial charge in [-0.3, -0.25) is 9.80 Å². The van der Waals surface area contributed by atoms with Crippen LogP contribution in [0.3, 0.4) is 0 Å². The number of carbonyl (C=O) groups is 1. The van der Waals surface area contributed by atoms with E-state index in [2.05, 4.69) is 36.7 Å². The second-order valence-electron chi connectivity index (χ2n) is 8.16. The molecule has 1 aliphatic rings. The maximum atomic E-state index is 13.0. The summed E-state index contributed by atoms with van der Waals surface area (Å²) < 4.78 is 5.71. The summed E-state index contributed by atoms with van der Waals surface area (Å²) in [6, 6.07) is 4.44. The van der Waals surface area contributed by atoms with E-state index < -0.39 is 5.60 Å². The Bertz CT molecular complexity index is 597. The van der Waals surface area contributed by atoms with Crippen LogP contribution in [0.4, 0.5) is 10.6 Å². The first-order chi connectivity index (χ1) is 12.3. The van der Waals surface area contributed by atoms with Gasteiger partial charge in [0.15, 0.2) is 0 Å². The molecule has 0 bridgehead atoms. The minimum absolute atomic E-state index is 0.0252. The van der Waals surface area contributed by atoms with Gasteiger partial charge >= 0.3 is 6.09 Å². The highest BCUT2D eigenvalue weighted by Gasteiger charge is 2.33. The summed E-state index contributed by atoms with van der Waals surface area (Å²) in [5.41, 5.74) is 0.609. The molecular weight excluding hydrogens is 326 g/mol. The Kier molecular flexibility index (Phi) is 7.04. The van der Waals surface area contributed by atoms with E-state index in [1.807, 2.05) is 26.8 Å². The van der Waals surface area contributed by atoms with E-state index in [1.54, 1.807) is 11.1 Å². The van der Waals surface area contributed by atoms with Crippen molar-refractivity contribution in [2.24, 2.45) is 0 Å². The lowest BCUT2D eigenvalue weighted by Crippen LogP contribution is -2.44. The van der Waals surface area contributed by atoms with Crippen molar-refractivity contribution >= 4 is 11.9 Å². The quantitative estimate of drug-likeness (QED) is 0.726. The lowest BCUT2D eigenvalue weighted by atomic mass is 9.95. The molecule has 0 radical (unpaired) electrons. The summed E-state index contributed by atoms with van der Waals surface area (Å²) in [6.45, 7) is 14.2. The maximum Gasteiger partial charge on any atom is 0.416 e. The Hall–Kier alpha value is -1.62. The summed E-state index contributed by atoms with van der Waals surface area (Å²) >= 11 is 0. The molecule has 0 saturated carbocycles. The van der Waals surface area contributed by atoms with Crippen LogP contribution in [0.15, 0.2) is 18.3 Å². The second kappa shape index (κ2) is 8.85. The molecule has 5 heteroatoms. The highest BCUT2D eigenvalue weighted by atomic mass is 16.6. The predicted molar refractivity (Wildman–Crippen MR) is 107 cm³/mol. The normalized spacial score (nSPS) is 19.8. The first-order valence-electron chi connectivity index (χ1n) is 9.99. The number of carbonyl (C=O) groups excluding carboxylic acids is 1. The third-order valence-electron chi connectivity index (χ3n) is 5.05. The lowest BCUT2D eigenvalue weighted by molar-refractivity contribution is 0.0564. The summed E-state index contributed by atoms with van der Waals surface area (Å²) in [5.74, 6) is 0.751. The predicted octanol–water partition coefficient (Wildman–Crippen LogP) is 5.17. The van der Waals surface area contributed by atoms with Crippen molar-refractivity contribution in [3.05, 3.63) is 23.9 Å². The van der Waals surface area contributed by atoms with E-state index in [-0.39, 0.29) is 12.1 Å². The van der Waals surface area contributed by atoms with Crippen molar-refractivity contribution in [1.29, 1.82) is 0 Å². The zero-order valence-corrected chi connectivity index (χ0v) is 17.3. The van der Waals surface area contributed by atoms with E-state index >= 15 is 0 Å². The largest absolute Gasteiger partial charge is 0.443 e. The first kappa shape index (κ1) is 20.7. The van der Waals surface area contributed by atoms with Crippen LogP contribution in [-0.4, -0.2) is 40.7 Å². The van der Waals surface area contributed by atoms with Crippen LogP contribution >= 0.6 is 0 Å². The fourth-order valence-electron chi connectivity index (χ4n) is 3.56. The Morgan fingerprint density at radius 2 is 2.12 bits per heavy atom. The van der Waals surface area contributed by atoms with Gasteiger partial charge in [-0.05, 0) is 66.1 Å². The van der Waals surface area contributed by atoms with E-state index in [9.17, 15) is 4.79 Å². The summed E-state index contributed by atoms with van der Waals surface area (Å²) in [7, 11) is 0. The molecule has 0 aromatic carbocycles. The van der Waals surface area contributed by atoms with Gasteiger partial charge in [-0.2, -0.15) is 0 Å². The number of rotatable bonds is 5. The van der Waals surface area contributed by atoms with Gasteiger partial charge in [-0.15, -0.1) is 0 Å². The number of hydrogen-bond donors (Lipinski definition) is 0. The average Bonchev–Trinajstić information content (AvgIpc) is 2.60. The number of aromatic nitrogens is 1. The molecule has 2 atom stereocenters. The minimum Gasteiger partial charge on any atom is -0.443 e. The summed E-state index contributed by atoms with van der Waals surface area (Å²) in [4.78, 5) is 21.9. The zero-order valence-electron chi connectivity index (χ0n) is 17.3. The van der Waals surface area contributed by atoms with Crippen molar-refractivity contribution in [3.63, 3.8) is 0 Å². The van der Waals surface area contributed by atoms with Crippen LogP contribution in [0.5, 0.6) is 0 Å². The number of ether oxygens (including phenoxy) is 1. The second-order valence-corrected chi connectivity index (χ2v) is 8.16. The highest BCUT2D eigenvalue weighted by molar-refractivity contribution is 5.88. The fourth-order valence-corrected chi connectivity index (χ4v) is 3.56. The van der Waals surface area contributed by atoms with Gasteiger partial charge in [-0.25, -0.2) is 9.78 Å². The first-order valence-corrected chi connectivity index (χ1v) is 9.99. The van der Waals surface area contributed by atoms with Crippen LogP contribution < -0.4 is 4.90 Å². The number of pyridine rings is 1. The molecule has 1 saturated heterocycles. The topological polar surface area (TPSA) is 45.7 Å². The van der Waals surface area contributed by atoms with Crippen molar-refractivity contribution in [2.75, 3.05) is 18.0 Å². The molecule has 146 valence electrons. The molecule has 1 aliphatic heterocycles. The van der Waals surface area contributed by atoms with Crippen LogP contribution in [-0.2, 0) is 4.74 Å². The van der Waals surface area contributed by atoms with Crippen molar-refractivity contribution in [2.45, 2.75) is 84.9 Å². The molecule has 1 amide bonds. The van der Waals surface area contributed by atoms with Gasteiger partial charge in [0.2, 0.25) is 0 Å². The number of amides is 1. The van der Waals surface area contributed by atoms with Gasteiger partial charge in [0.25, 0.3) is 0 Å². The van der Waals surface area contributed by atoms with Crippen LogP contribution in [0.2, 0.25) is 0 Å². The number of nitrogens with zero attached hydrogens (tertiary/aromatic N) is 3. The molecular formula is C21H35N3O2. The van der Waals surface area contributed by atoms with E-state index in [0.29, 0.717) is 6.04 Å². The Balaban J connectivity index is 2.44. The van der Waals surface area contributed by atoms with E-state index in [4.69, 9.17) is 4.74 Å². The molecule has 2 heterocycles. The molecule has 1 aromatic heterocycles.